The Kier molecular flexibility index (Phi) is 6.39. The lowest BCUT2D eigenvalue weighted by molar-refractivity contribution is -0.137. The predicted octanol–water partition coefficient (Wildman–Crippen LogP) is 1.90. The summed E-state index contributed by atoms with van der Waals surface area (Å²) in [5.74, 6) is -0.529. The van der Waals surface area contributed by atoms with Crippen LogP contribution in [0.25, 0.3) is 6.08 Å². The summed E-state index contributed by atoms with van der Waals surface area (Å²) in [4.78, 5) is 30.6. The minimum absolute atomic E-state index is 0.155. The van der Waals surface area contributed by atoms with Gasteiger partial charge in [-0.05, 0) is 43.4 Å². The zero-order chi connectivity index (χ0) is 18.4. The molecule has 2 fully saturated rings. The second-order valence-electron chi connectivity index (χ2n) is 7.15. The summed E-state index contributed by atoms with van der Waals surface area (Å²) >= 11 is 0. The highest BCUT2D eigenvalue weighted by molar-refractivity contribution is 5.93. The summed E-state index contributed by atoms with van der Waals surface area (Å²) in [5, 5.41) is 13.5. The van der Waals surface area contributed by atoms with E-state index in [1.54, 1.807) is 23.4 Å². The van der Waals surface area contributed by atoms with Crippen LogP contribution in [-0.4, -0.2) is 51.5 Å². The van der Waals surface area contributed by atoms with E-state index in [4.69, 9.17) is 0 Å². The van der Waals surface area contributed by atoms with Crippen molar-refractivity contribution >= 4 is 17.9 Å². The molecule has 3 rings (SSSR count). The summed E-state index contributed by atoms with van der Waals surface area (Å²) in [6, 6.07) is 3.37. The summed E-state index contributed by atoms with van der Waals surface area (Å²) in [7, 11) is 0. The van der Waals surface area contributed by atoms with E-state index in [-0.39, 0.29) is 17.9 Å². The quantitative estimate of drug-likeness (QED) is 0.789. The average molecular weight is 357 g/mol. The van der Waals surface area contributed by atoms with Gasteiger partial charge in [0.05, 0.1) is 6.04 Å². The van der Waals surface area contributed by atoms with E-state index in [0.29, 0.717) is 13.0 Å². The van der Waals surface area contributed by atoms with Crippen molar-refractivity contribution < 1.29 is 14.7 Å². The van der Waals surface area contributed by atoms with Gasteiger partial charge >= 0.3 is 0 Å². The van der Waals surface area contributed by atoms with Gasteiger partial charge in [0.2, 0.25) is 5.91 Å². The molecule has 2 heterocycles. The maximum atomic E-state index is 12.5. The van der Waals surface area contributed by atoms with Crippen LogP contribution in [0, 0.1) is 0 Å². The first-order valence-electron chi connectivity index (χ1n) is 9.52. The van der Waals surface area contributed by atoms with E-state index >= 15 is 0 Å². The van der Waals surface area contributed by atoms with Crippen LogP contribution < -0.4 is 5.32 Å². The standard InChI is InChI=1S/C20H27N3O3/c24-18(11-10-15-6-4-12-21-14-15)23-13-5-9-17(23)19(25)20(26)22-16-7-2-1-3-8-16/h4,6,10-12,14,16-17,19,25H,1-3,5,7-9,13H2,(H,22,26)/b11-10+/t17-,19?/m0/s1. The molecule has 1 saturated carbocycles. The number of hydrogen-bond acceptors (Lipinski definition) is 4. The fourth-order valence-corrected chi connectivity index (χ4v) is 3.84. The fraction of sp³-hybridized carbons (Fsp3) is 0.550. The van der Waals surface area contributed by atoms with Gasteiger partial charge in [-0.25, -0.2) is 0 Å². The Morgan fingerprint density at radius 2 is 2.04 bits per heavy atom. The second-order valence-corrected chi connectivity index (χ2v) is 7.15. The largest absolute Gasteiger partial charge is 0.381 e. The number of carbonyl (C=O) groups is 2. The van der Waals surface area contributed by atoms with Crippen LogP contribution in [0.2, 0.25) is 0 Å². The van der Waals surface area contributed by atoms with Crippen LogP contribution in [0.4, 0.5) is 0 Å². The zero-order valence-corrected chi connectivity index (χ0v) is 15.0. The Labute approximate surface area is 154 Å². The Morgan fingerprint density at radius 3 is 2.77 bits per heavy atom. The number of hydrogen-bond donors (Lipinski definition) is 2. The third-order valence-corrected chi connectivity index (χ3v) is 5.27. The van der Waals surface area contributed by atoms with Gasteiger partial charge in [0, 0.05) is 31.1 Å². The molecule has 0 radical (unpaired) electrons. The third-order valence-electron chi connectivity index (χ3n) is 5.27. The van der Waals surface area contributed by atoms with Gasteiger partial charge in [-0.15, -0.1) is 0 Å². The van der Waals surface area contributed by atoms with Crippen LogP contribution in [0.3, 0.4) is 0 Å². The Bertz CT molecular complexity index is 641. The van der Waals surface area contributed by atoms with Crippen molar-refractivity contribution in [3.63, 3.8) is 0 Å². The number of carbonyl (C=O) groups excluding carboxylic acids is 2. The molecule has 0 aromatic carbocycles. The highest BCUT2D eigenvalue weighted by Gasteiger charge is 2.37. The van der Waals surface area contributed by atoms with Gasteiger partial charge in [-0.1, -0.05) is 25.3 Å². The van der Waals surface area contributed by atoms with Crippen LogP contribution >= 0.6 is 0 Å². The lowest BCUT2D eigenvalue weighted by Crippen LogP contribution is -2.51. The molecular formula is C20H27N3O3. The molecule has 0 spiro atoms. The third kappa shape index (κ3) is 4.69. The number of amides is 2. The van der Waals surface area contributed by atoms with Crippen molar-refractivity contribution in [1.29, 1.82) is 0 Å². The van der Waals surface area contributed by atoms with E-state index < -0.39 is 12.1 Å². The molecule has 6 heteroatoms. The number of pyridine rings is 1. The molecule has 1 aromatic rings. The molecule has 1 saturated heterocycles. The normalized spacial score (nSPS) is 22.5. The van der Waals surface area contributed by atoms with E-state index in [1.165, 1.54) is 12.5 Å². The highest BCUT2D eigenvalue weighted by atomic mass is 16.3. The first kappa shape index (κ1) is 18.6. The van der Waals surface area contributed by atoms with Crippen molar-refractivity contribution in [2.24, 2.45) is 0 Å². The maximum Gasteiger partial charge on any atom is 0.251 e. The second kappa shape index (κ2) is 8.94. The molecule has 26 heavy (non-hydrogen) atoms. The van der Waals surface area contributed by atoms with Gasteiger partial charge < -0.3 is 15.3 Å². The van der Waals surface area contributed by atoms with Crippen molar-refractivity contribution in [3.05, 3.63) is 36.2 Å². The Hall–Kier alpha value is -2.21. The van der Waals surface area contributed by atoms with Gasteiger partial charge in [0.1, 0.15) is 0 Å². The lowest BCUT2D eigenvalue weighted by Gasteiger charge is -2.29. The molecule has 1 aliphatic heterocycles. The van der Waals surface area contributed by atoms with Gasteiger partial charge in [-0.3, -0.25) is 14.6 Å². The number of aliphatic hydroxyl groups is 1. The molecule has 0 bridgehead atoms. The minimum Gasteiger partial charge on any atom is -0.381 e. The molecule has 1 unspecified atom stereocenters. The number of nitrogens with one attached hydrogen (secondary N) is 1. The molecular weight excluding hydrogens is 330 g/mol. The molecule has 2 amide bonds. The molecule has 1 aromatic heterocycles. The molecule has 6 nitrogen and oxygen atoms in total. The lowest BCUT2D eigenvalue weighted by atomic mass is 9.95. The SMILES string of the molecule is O=C(NC1CCCCC1)C(O)[C@@H]1CCCN1C(=O)/C=C/c1cccnc1. The van der Waals surface area contributed by atoms with Crippen LogP contribution in [-0.2, 0) is 9.59 Å². The number of likely N-dealkylation sites (tertiary alicyclic amines) is 1. The molecule has 2 aliphatic rings. The predicted molar refractivity (Wildman–Crippen MR) is 99.0 cm³/mol. The minimum atomic E-state index is -1.17. The van der Waals surface area contributed by atoms with E-state index in [1.807, 2.05) is 12.1 Å². The fourth-order valence-electron chi connectivity index (χ4n) is 3.84. The molecule has 2 atom stereocenters. The average Bonchev–Trinajstić information content (AvgIpc) is 3.17. The molecule has 140 valence electrons. The van der Waals surface area contributed by atoms with Gasteiger partial charge in [0.25, 0.3) is 5.91 Å². The van der Waals surface area contributed by atoms with Crippen molar-refractivity contribution in [2.45, 2.75) is 63.1 Å². The van der Waals surface area contributed by atoms with Crippen LogP contribution in [0.15, 0.2) is 30.6 Å². The monoisotopic (exact) mass is 357 g/mol. The van der Waals surface area contributed by atoms with Gasteiger partial charge in [-0.2, -0.15) is 0 Å². The smallest absolute Gasteiger partial charge is 0.251 e. The van der Waals surface area contributed by atoms with Crippen molar-refractivity contribution in [1.82, 2.24) is 15.2 Å². The van der Waals surface area contributed by atoms with Crippen molar-refractivity contribution in [3.8, 4) is 0 Å². The maximum absolute atomic E-state index is 12.5. The first-order valence-corrected chi connectivity index (χ1v) is 9.52. The zero-order valence-electron chi connectivity index (χ0n) is 15.0. The van der Waals surface area contributed by atoms with Crippen molar-refractivity contribution in [2.75, 3.05) is 6.54 Å². The highest BCUT2D eigenvalue weighted by Crippen LogP contribution is 2.22. The summed E-state index contributed by atoms with van der Waals surface area (Å²) < 4.78 is 0. The van der Waals surface area contributed by atoms with Crippen LogP contribution in [0.1, 0.15) is 50.5 Å². The first-order chi connectivity index (χ1) is 12.6. The Balaban J connectivity index is 1.58. The summed E-state index contributed by atoms with van der Waals surface area (Å²) in [6.45, 7) is 0.564. The topological polar surface area (TPSA) is 82.5 Å². The molecule has 2 N–H and O–H groups in total. The van der Waals surface area contributed by atoms with Crippen LogP contribution in [0.5, 0.6) is 0 Å². The number of nitrogens with zero attached hydrogens (tertiary/aromatic N) is 2. The van der Waals surface area contributed by atoms with E-state index in [0.717, 1.165) is 37.7 Å². The van der Waals surface area contributed by atoms with Gasteiger partial charge in [0.15, 0.2) is 6.10 Å². The van der Waals surface area contributed by atoms with E-state index in [9.17, 15) is 14.7 Å². The number of aromatic nitrogens is 1. The summed E-state index contributed by atoms with van der Waals surface area (Å²) in [5.41, 5.74) is 0.840. The van der Waals surface area contributed by atoms with E-state index in [2.05, 4.69) is 10.3 Å². The molecule has 1 aliphatic carbocycles. The number of rotatable bonds is 5. The number of aliphatic hydroxyl groups excluding tert-OH is 1. The Morgan fingerprint density at radius 1 is 1.23 bits per heavy atom. The summed E-state index contributed by atoms with van der Waals surface area (Å²) in [6.07, 6.45) is 12.2.